The summed E-state index contributed by atoms with van der Waals surface area (Å²) >= 11 is 6.34. The summed E-state index contributed by atoms with van der Waals surface area (Å²) < 4.78 is 5.41. The number of nitrogens with zero attached hydrogens (tertiary/aromatic N) is 1. The number of esters is 1. The van der Waals surface area contributed by atoms with Gasteiger partial charge in [-0.15, -0.1) is 0 Å². The van der Waals surface area contributed by atoms with Crippen molar-refractivity contribution in [2.24, 2.45) is 0 Å². The molecule has 1 amide bonds. The van der Waals surface area contributed by atoms with Crippen molar-refractivity contribution in [3.05, 3.63) is 75.9 Å². The largest absolute Gasteiger partial charge is 0.452 e. The number of benzene rings is 2. The van der Waals surface area contributed by atoms with E-state index in [2.05, 4.69) is 5.32 Å². The Hall–Kier alpha value is -3.18. The van der Waals surface area contributed by atoms with Crippen molar-refractivity contribution >= 4 is 46.0 Å². The van der Waals surface area contributed by atoms with Gasteiger partial charge in [-0.25, -0.2) is 9.78 Å². The van der Waals surface area contributed by atoms with Gasteiger partial charge in [0.1, 0.15) is 0 Å². The molecular formula is C25H21ClN2O3. The summed E-state index contributed by atoms with van der Waals surface area (Å²) in [6.45, 7) is -0.275. The van der Waals surface area contributed by atoms with Gasteiger partial charge in [-0.2, -0.15) is 0 Å². The van der Waals surface area contributed by atoms with Crippen molar-refractivity contribution < 1.29 is 14.3 Å². The Morgan fingerprint density at radius 1 is 1.10 bits per heavy atom. The average Bonchev–Trinajstić information content (AvgIpc) is 3.51. The molecule has 2 aliphatic carbocycles. The highest BCUT2D eigenvalue weighted by Gasteiger charge is 2.29. The molecule has 1 saturated carbocycles. The maximum absolute atomic E-state index is 13.1. The topological polar surface area (TPSA) is 68.3 Å². The number of fused-ring (bicyclic) bond motifs is 2. The Labute approximate surface area is 185 Å². The lowest BCUT2D eigenvalue weighted by Crippen LogP contribution is -2.30. The lowest BCUT2D eigenvalue weighted by molar-refractivity contribution is -0.124. The minimum atomic E-state index is -0.486. The summed E-state index contributed by atoms with van der Waals surface area (Å²) in [5.74, 6) is -0.745. The second kappa shape index (κ2) is 8.16. The van der Waals surface area contributed by atoms with Gasteiger partial charge in [-0.3, -0.25) is 4.79 Å². The number of amides is 1. The zero-order valence-corrected chi connectivity index (χ0v) is 17.6. The van der Waals surface area contributed by atoms with Gasteiger partial charge in [0.15, 0.2) is 6.61 Å². The fourth-order valence-corrected chi connectivity index (χ4v) is 4.18. The van der Waals surface area contributed by atoms with Crippen molar-refractivity contribution in [3.8, 4) is 0 Å². The molecule has 0 radical (unpaired) electrons. The minimum Gasteiger partial charge on any atom is -0.452 e. The SMILES string of the molecule is O=C(COC(=O)c1c2c(nc3ccccc13)C(=Cc1ccccc1Cl)CC2)NC1CC1. The number of hydrogen-bond acceptors (Lipinski definition) is 4. The van der Waals surface area contributed by atoms with Gasteiger partial charge in [0.2, 0.25) is 0 Å². The van der Waals surface area contributed by atoms with Gasteiger partial charge in [0.05, 0.1) is 16.8 Å². The molecule has 1 N–H and O–H groups in total. The summed E-state index contributed by atoms with van der Waals surface area (Å²) in [6, 6.07) is 15.4. The van der Waals surface area contributed by atoms with Gasteiger partial charge in [0.25, 0.3) is 5.91 Å². The van der Waals surface area contributed by atoms with Crippen molar-refractivity contribution in [1.82, 2.24) is 10.3 Å². The first-order valence-electron chi connectivity index (χ1n) is 10.4. The Balaban J connectivity index is 1.52. The number of ether oxygens (including phenoxy) is 1. The third-order valence-electron chi connectivity index (χ3n) is 5.66. The lowest BCUT2D eigenvalue weighted by atomic mass is 10.0. The number of pyridine rings is 1. The number of hydrogen-bond donors (Lipinski definition) is 1. The zero-order chi connectivity index (χ0) is 21.4. The number of rotatable bonds is 5. The third-order valence-corrected chi connectivity index (χ3v) is 6.00. The molecule has 0 saturated heterocycles. The molecule has 1 aromatic heterocycles. The Kier molecular flexibility index (Phi) is 5.20. The highest BCUT2D eigenvalue weighted by molar-refractivity contribution is 6.32. The van der Waals surface area contributed by atoms with E-state index in [-0.39, 0.29) is 18.6 Å². The molecule has 0 bridgehead atoms. The first-order valence-corrected chi connectivity index (χ1v) is 10.8. The Morgan fingerprint density at radius 3 is 2.68 bits per heavy atom. The van der Waals surface area contributed by atoms with Crippen LogP contribution in [-0.4, -0.2) is 29.5 Å². The first kappa shape index (κ1) is 19.8. The maximum Gasteiger partial charge on any atom is 0.339 e. The number of aromatic nitrogens is 1. The Morgan fingerprint density at radius 2 is 1.87 bits per heavy atom. The Bertz CT molecular complexity index is 1230. The van der Waals surface area contributed by atoms with Crippen LogP contribution in [0.2, 0.25) is 5.02 Å². The molecule has 0 unspecified atom stereocenters. The summed E-state index contributed by atoms with van der Waals surface area (Å²) in [7, 11) is 0. The first-order chi connectivity index (χ1) is 15.1. The zero-order valence-electron chi connectivity index (χ0n) is 16.9. The molecule has 3 aromatic rings. The molecule has 2 aromatic carbocycles. The predicted molar refractivity (Wildman–Crippen MR) is 121 cm³/mol. The van der Waals surface area contributed by atoms with Crippen LogP contribution >= 0.6 is 11.6 Å². The molecule has 31 heavy (non-hydrogen) atoms. The molecule has 2 aliphatic rings. The fraction of sp³-hybridized carbons (Fsp3) is 0.240. The summed E-state index contributed by atoms with van der Waals surface area (Å²) in [4.78, 5) is 29.9. The lowest BCUT2D eigenvalue weighted by Gasteiger charge is -2.12. The summed E-state index contributed by atoms with van der Waals surface area (Å²) in [5, 5.41) is 4.25. The summed E-state index contributed by atoms with van der Waals surface area (Å²) in [6.07, 6.45) is 5.45. The van der Waals surface area contributed by atoms with Crippen LogP contribution in [0.25, 0.3) is 22.6 Å². The molecule has 0 aliphatic heterocycles. The van der Waals surface area contributed by atoms with E-state index in [0.717, 1.165) is 52.6 Å². The van der Waals surface area contributed by atoms with Gasteiger partial charge < -0.3 is 10.1 Å². The molecule has 0 spiro atoms. The van der Waals surface area contributed by atoms with Crippen molar-refractivity contribution in [2.45, 2.75) is 31.7 Å². The molecular weight excluding hydrogens is 412 g/mol. The fourth-order valence-electron chi connectivity index (χ4n) is 3.99. The number of para-hydroxylation sites is 1. The second-order valence-corrected chi connectivity index (χ2v) is 8.35. The van der Waals surface area contributed by atoms with Gasteiger partial charge in [0, 0.05) is 16.5 Å². The molecule has 6 heteroatoms. The smallest absolute Gasteiger partial charge is 0.339 e. The van der Waals surface area contributed by atoms with Crippen LogP contribution in [0, 0.1) is 0 Å². The van der Waals surface area contributed by atoms with E-state index in [9.17, 15) is 9.59 Å². The second-order valence-electron chi connectivity index (χ2n) is 7.94. The molecule has 5 nitrogen and oxygen atoms in total. The monoisotopic (exact) mass is 432 g/mol. The van der Waals surface area contributed by atoms with Crippen LogP contribution in [0.3, 0.4) is 0 Å². The highest BCUT2D eigenvalue weighted by atomic mass is 35.5. The molecule has 5 rings (SSSR count). The quantitative estimate of drug-likeness (QED) is 0.587. The van der Waals surface area contributed by atoms with Gasteiger partial charge in [-0.1, -0.05) is 48.0 Å². The van der Waals surface area contributed by atoms with E-state index in [1.807, 2.05) is 54.6 Å². The number of carbonyl (C=O) groups excluding carboxylic acids is 2. The van der Waals surface area contributed by atoms with E-state index in [1.165, 1.54) is 0 Å². The maximum atomic E-state index is 13.1. The predicted octanol–water partition coefficient (Wildman–Crippen LogP) is 4.81. The standard InChI is InChI=1S/C25H21ClN2O3/c26-20-7-3-1-5-15(20)13-16-9-12-19-23(18-6-2-4-8-21(18)28-24(16)19)25(30)31-14-22(29)27-17-10-11-17/h1-8,13,17H,9-12,14H2,(H,27,29). The number of carbonyl (C=O) groups is 2. The third kappa shape index (κ3) is 4.06. The number of allylic oxidation sites excluding steroid dienone is 1. The van der Waals surface area contributed by atoms with Crippen LogP contribution in [-0.2, 0) is 16.0 Å². The molecule has 1 heterocycles. The minimum absolute atomic E-state index is 0.231. The number of halogens is 1. The van der Waals surface area contributed by atoms with E-state index in [4.69, 9.17) is 21.3 Å². The van der Waals surface area contributed by atoms with Crippen LogP contribution in [0.1, 0.15) is 46.4 Å². The van der Waals surface area contributed by atoms with Crippen LogP contribution in [0.4, 0.5) is 0 Å². The average molecular weight is 433 g/mol. The van der Waals surface area contributed by atoms with E-state index >= 15 is 0 Å². The van der Waals surface area contributed by atoms with Gasteiger partial charge >= 0.3 is 5.97 Å². The molecule has 156 valence electrons. The van der Waals surface area contributed by atoms with Crippen LogP contribution in [0.15, 0.2) is 48.5 Å². The van der Waals surface area contributed by atoms with Crippen LogP contribution < -0.4 is 5.32 Å². The molecule has 0 atom stereocenters. The van der Waals surface area contributed by atoms with E-state index in [1.54, 1.807) is 0 Å². The van der Waals surface area contributed by atoms with Crippen LogP contribution in [0.5, 0.6) is 0 Å². The molecule has 1 fully saturated rings. The van der Waals surface area contributed by atoms with E-state index in [0.29, 0.717) is 17.0 Å². The van der Waals surface area contributed by atoms with Crippen molar-refractivity contribution in [1.29, 1.82) is 0 Å². The van der Waals surface area contributed by atoms with E-state index < -0.39 is 5.97 Å². The van der Waals surface area contributed by atoms with Gasteiger partial charge in [-0.05, 0) is 60.6 Å². The highest BCUT2D eigenvalue weighted by Crippen LogP contribution is 2.38. The number of nitrogens with one attached hydrogen (secondary N) is 1. The summed E-state index contributed by atoms with van der Waals surface area (Å²) in [5.41, 5.74) is 4.85. The van der Waals surface area contributed by atoms with Crippen molar-refractivity contribution in [2.75, 3.05) is 6.61 Å². The van der Waals surface area contributed by atoms with Crippen molar-refractivity contribution in [3.63, 3.8) is 0 Å². The normalized spacial score (nSPS) is 16.4.